The molecule has 4 N–H and O–H groups in total. The van der Waals surface area contributed by atoms with Crippen molar-refractivity contribution in [1.29, 1.82) is 0 Å². The minimum atomic E-state index is -0.799. The first-order chi connectivity index (χ1) is 18.7. The number of nitrogens with one attached hydrogen (secondary N) is 4. The van der Waals surface area contributed by atoms with Gasteiger partial charge in [-0.15, -0.1) is 0 Å². The molecule has 39 heavy (non-hydrogen) atoms. The Balaban J connectivity index is 1.50. The van der Waals surface area contributed by atoms with Crippen LogP contribution in [0.1, 0.15) is 27.6 Å². The Morgan fingerprint density at radius 1 is 0.795 bits per heavy atom. The number of hydrogen-bond donors (Lipinski definition) is 4. The van der Waals surface area contributed by atoms with E-state index in [0.717, 1.165) is 4.90 Å². The van der Waals surface area contributed by atoms with Crippen molar-refractivity contribution in [3.05, 3.63) is 94.0 Å². The summed E-state index contributed by atoms with van der Waals surface area (Å²) in [6.07, 6.45) is 1.35. The second-order valence-electron chi connectivity index (χ2n) is 8.14. The van der Waals surface area contributed by atoms with E-state index in [4.69, 9.17) is 47.6 Å². The van der Waals surface area contributed by atoms with Crippen molar-refractivity contribution in [1.82, 2.24) is 15.8 Å². The van der Waals surface area contributed by atoms with Gasteiger partial charge in [-0.1, -0.05) is 35.3 Å². The molecule has 9 nitrogen and oxygen atoms in total. The molecule has 0 aliphatic carbocycles. The second kappa shape index (κ2) is 12.8. The van der Waals surface area contributed by atoms with Crippen molar-refractivity contribution in [3.8, 4) is 0 Å². The van der Waals surface area contributed by atoms with E-state index in [1.807, 2.05) is 0 Å². The zero-order valence-electron chi connectivity index (χ0n) is 20.3. The number of hydrazone groups is 2. The van der Waals surface area contributed by atoms with Gasteiger partial charge in [0, 0.05) is 21.4 Å². The summed E-state index contributed by atoms with van der Waals surface area (Å²) < 4.78 is 0. The van der Waals surface area contributed by atoms with E-state index in [9.17, 15) is 9.59 Å². The van der Waals surface area contributed by atoms with Crippen LogP contribution in [-0.2, 0) is 0 Å². The van der Waals surface area contributed by atoms with Crippen molar-refractivity contribution in [2.75, 3.05) is 10.6 Å². The molecule has 1 aliphatic heterocycles. The van der Waals surface area contributed by atoms with E-state index in [0.29, 0.717) is 32.5 Å². The average Bonchev–Trinajstić information content (AvgIpc) is 3.18. The number of thiocarbonyl (C=S) groups is 2. The molecule has 0 aromatic heterocycles. The lowest BCUT2D eigenvalue weighted by Gasteiger charge is -2.22. The van der Waals surface area contributed by atoms with Gasteiger partial charge < -0.3 is 10.6 Å². The zero-order valence-corrected chi connectivity index (χ0v) is 23.5. The van der Waals surface area contributed by atoms with E-state index in [1.54, 1.807) is 79.7 Å². The number of carbonyl (C=O) groups is 2. The fourth-order valence-corrected chi connectivity index (χ4v) is 4.16. The van der Waals surface area contributed by atoms with E-state index in [2.05, 4.69) is 31.7 Å². The van der Waals surface area contributed by atoms with Gasteiger partial charge in [0.15, 0.2) is 10.2 Å². The lowest BCUT2D eigenvalue weighted by atomic mass is 10.1. The van der Waals surface area contributed by atoms with Crippen LogP contribution in [0.25, 0.3) is 0 Å². The number of hydrogen-bond acceptors (Lipinski definition) is 6. The Hall–Kier alpha value is -3.90. The van der Waals surface area contributed by atoms with E-state index in [1.165, 1.54) is 6.21 Å². The Kier molecular flexibility index (Phi) is 9.20. The van der Waals surface area contributed by atoms with Crippen LogP contribution in [0.5, 0.6) is 0 Å². The average molecular weight is 599 g/mol. The number of anilines is 2. The van der Waals surface area contributed by atoms with Crippen LogP contribution in [0, 0.1) is 0 Å². The molecule has 1 aliphatic rings. The molecule has 1 heterocycles. The van der Waals surface area contributed by atoms with Gasteiger partial charge in [0.05, 0.1) is 23.4 Å². The summed E-state index contributed by atoms with van der Waals surface area (Å²) in [5.74, 6) is -0.863. The fraction of sp³-hybridized carbons (Fsp3) is 0.0769. The molecule has 0 saturated carbocycles. The molecular formula is C26H21Cl2N7O2S2. The highest BCUT2D eigenvalue weighted by molar-refractivity contribution is 7.80. The third kappa shape index (κ3) is 7.15. The highest BCUT2D eigenvalue weighted by Crippen LogP contribution is 2.24. The Labute approximate surface area is 245 Å². The van der Waals surface area contributed by atoms with Crippen LogP contribution in [0.15, 0.2) is 83.0 Å². The molecule has 198 valence electrons. The van der Waals surface area contributed by atoms with Gasteiger partial charge in [-0.25, -0.2) is 0 Å². The van der Waals surface area contributed by atoms with Crippen molar-refractivity contribution in [2.24, 2.45) is 10.2 Å². The predicted octanol–water partition coefficient (Wildman–Crippen LogP) is 5.29. The molecule has 0 spiro atoms. The van der Waals surface area contributed by atoms with Crippen LogP contribution in [0.4, 0.5) is 11.4 Å². The molecule has 2 amide bonds. The van der Waals surface area contributed by atoms with Gasteiger partial charge in [-0.3, -0.25) is 25.3 Å². The smallest absolute Gasteiger partial charge is 0.262 e. The van der Waals surface area contributed by atoms with E-state index < -0.39 is 17.9 Å². The van der Waals surface area contributed by atoms with Crippen LogP contribution in [-0.4, -0.2) is 44.9 Å². The molecule has 3 aromatic carbocycles. The van der Waals surface area contributed by atoms with Gasteiger partial charge >= 0.3 is 0 Å². The summed E-state index contributed by atoms with van der Waals surface area (Å²) in [7, 11) is 0. The number of imide groups is 1. The first kappa shape index (κ1) is 28.1. The Morgan fingerprint density at radius 2 is 1.26 bits per heavy atom. The van der Waals surface area contributed by atoms with Crippen LogP contribution >= 0.6 is 47.6 Å². The van der Waals surface area contributed by atoms with Gasteiger partial charge in [-0.05, 0) is 92.0 Å². The quantitative estimate of drug-likeness (QED) is 0.126. The number of rotatable bonds is 7. The minimum Gasteiger partial charge on any atom is -0.331 e. The van der Waals surface area contributed by atoms with E-state index in [-0.39, 0.29) is 15.9 Å². The van der Waals surface area contributed by atoms with Gasteiger partial charge in [0.2, 0.25) is 0 Å². The lowest BCUT2D eigenvalue weighted by Crippen LogP contribution is -2.44. The zero-order chi connectivity index (χ0) is 27.9. The van der Waals surface area contributed by atoms with Gasteiger partial charge in [0.1, 0.15) is 5.71 Å². The third-order valence-electron chi connectivity index (χ3n) is 5.49. The topological polar surface area (TPSA) is 110 Å². The fourth-order valence-electron chi connectivity index (χ4n) is 3.58. The third-order valence-corrected chi connectivity index (χ3v) is 6.39. The molecule has 1 atom stereocenters. The molecule has 1 unspecified atom stereocenters. The van der Waals surface area contributed by atoms with Crippen LogP contribution < -0.4 is 21.5 Å². The molecule has 0 radical (unpaired) electrons. The lowest BCUT2D eigenvalue weighted by molar-refractivity contribution is 0.0636. The molecule has 3 aromatic rings. The molecule has 0 saturated heterocycles. The maximum absolute atomic E-state index is 13.0. The molecule has 4 rings (SSSR count). The first-order valence-corrected chi connectivity index (χ1v) is 13.0. The molecule has 13 heteroatoms. The maximum Gasteiger partial charge on any atom is 0.262 e. The number of nitrogens with zero attached hydrogens (tertiary/aromatic N) is 3. The van der Waals surface area contributed by atoms with Crippen molar-refractivity contribution >= 4 is 93.0 Å². The summed E-state index contributed by atoms with van der Waals surface area (Å²) in [5, 5.41) is 16.0. The minimum absolute atomic E-state index is 0.172. The highest BCUT2D eigenvalue weighted by Gasteiger charge is 2.39. The van der Waals surface area contributed by atoms with Crippen molar-refractivity contribution < 1.29 is 9.59 Å². The Morgan fingerprint density at radius 3 is 1.74 bits per heavy atom. The number of benzene rings is 3. The number of carbonyl (C=O) groups excluding carboxylic acids is 2. The Bertz CT molecular complexity index is 1440. The van der Waals surface area contributed by atoms with Crippen molar-refractivity contribution in [3.63, 3.8) is 0 Å². The summed E-state index contributed by atoms with van der Waals surface area (Å²) in [4.78, 5) is 27.2. The standard InChI is InChI=1S/C26H21Cl2N7O2S2/c1-15(35-23(36)20-4-2-3-5-21(20)24(35)37)22(32-34-26(39)31-19-12-8-17(28)9-13-19)14-29-33-25(38)30-18-10-6-16(27)7-11-18/h2-15H,1H3,(H2,30,33,38)(H2,31,34,39)/b29-14+,32-22+. The highest BCUT2D eigenvalue weighted by atomic mass is 35.5. The summed E-state index contributed by atoms with van der Waals surface area (Å²) in [6.45, 7) is 1.66. The monoisotopic (exact) mass is 597 g/mol. The van der Waals surface area contributed by atoms with Crippen LogP contribution in [0.3, 0.4) is 0 Å². The number of halogens is 2. The molecule has 0 fully saturated rings. The summed E-state index contributed by atoms with van der Waals surface area (Å²) in [6, 6.07) is 19.7. The molecule has 0 bridgehead atoms. The van der Waals surface area contributed by atoms with Crippen molar-refractivity contribution in [2.45, 2.75) is 13.0 Å². The molecular weight excluding hydrogens is 577 g/mol. The van der Waals surface area contributed by atoms with Gasteiger partial charge in [0.25, 0.3) is 11.8 Å². The van der Waals surface area contributed by atoms with E-state index >= 15 is 0 Å². The predicted molar refractivity (Wildman–Crippen MR) is 164 cm³/mol. The van der Waals surface area contributed by atoms with Crippen LogP contribution in [0.2, 0.25) is 10.0 Å². The maximum atomic E-state index is 13.0. The SMILES string of the molecule is CC(C(/C=N/NC(=S)Nc1ccc(Cl)cc1)=N/NC(=S)Nc1ccc(Cl)cc1)N1C(=O)c2ccccc2C1=O. The summed E-state index contributed by atoms with van der Waals surface area (Å²) in [5.41, 5.74) is 7.70. The number of amides is 2. The normalized spacial score (nSPS) is 13.7. The first-order valence-electron chi connectivity index (χ1n) is 11.5. The largest absolute Gasteiger partial charge is 0.331 e. The van der Waals surface area contributed by atoms with Gasteiger partial charge in [-0.2, -0.15) is 10.2 Å². The summed E-state index contributed by atoms with van der Waals surface area (Å²) >= 11 is 22.5. The number of fused-ring (bicyclic) bond motifs is 1. The second-order valence-corrected chi connectivity index (χ2v) is 9.83.